The molecule has 0 unspecified atom stereocenters. The zero-order valence-corrected chi connectivity index (χ0v) is 10.6. The topological polar surface area (TPSA) is 37.4 Å². The van der Waals surface area contributed by atoms with Crippen molar-refractivity contribution in [1.29, 1.82) is 0 Å². The standard InChI is InChI=1S/C11H19N3OS/c1-10-9-16-11(13-10)12-3-2-4-14-5-7-15-8-6-14/h9H,2-8H2,1H3,(H,12,13). The first-order valence-electron chi connectivity index (χ1n) is 5.81. The van der Waals surface area contributed by atoms with Gasteiger partial charge in [0, 0.05) is 25.0 Å². The second-order valence-electron chi connectivity index (χ2n) is 4.03. The van der Waals surface area contributed by atoms with E-state index in [-0.39, 0.29) is 0 Å². The number of hydrogen-bond donors (Lipinski definition) is 1. The summed E-state index contributed by atoms with van der Waals surface area (Å²) in [5.74, 6) is 0. The van der Waals surface area contributed by atoms with Crippen molar-refractivity contribution in [3.05, 3.63) is 11.1 Å². The maximum Gasteiger partial charge on any atom is 0.182 e. The van der Waals surface area contributed by atoms with Crippen molar-refractivity contribution in [3.8, 4) is 0 Å². The van der Waals surface area contributed by atoms with Crippen molar-refractivity contribution in [2.24, 2.45) is 0 Å². The molecular weight excluding hydrogens is 222 g/mol. The van der Waals surface area contributed by atoms with Crippen LogP contribution in [0.1, 0.15) is 12.1 Å². The van der Waals surface area contributed by atoms with E-state index in [1.54, 1.807) is 11.3 Å². The highest BCUT2D eigenvalue weighted by Gasteiger charge is 2.09. The van der Waals surface area contributed by atoms with E-state index in [1.807, 2.05) is 6.92 Å². The van der Waals surface area contributed by atoms with Gasteiger partial charge in [0.2, 0.25) is 0 Å². The van der Waals surface area contributed by atoms with Crippen molar-refractivity contribution in [2.75, 3.05) is 44.7 Å². The molecule has 0 bridgehead atoms. The van der Waals surface area contributed by atoms with Crippen molar-refractivity contribution < 1.29 is 4.74 Å². The van der Waals surface area contributed by atoms with Crippen molar-refractivity contribution in [2.45, 2.75) is 13.3 Å². The van der Waals surface area contributed by atoms with Crippen LogP contribution in [0.3, 0.4) is 0 Å². The lowest BCUT2D eigenvalue weighted by atomic mass is 10.3. The van der Waals surface area contributed by atoms with E-state index in [0.717, 1.165) is 50.2 Å². The summed E-state index contributed by atoms with van der Waals surface area (Å²) < 4.78 is 5.31. The Hall–Kier alpha value is -0.650. The van der Waals surface area contributed by atoms with E-state index in [2.05, 4.69) is 20.6 Å². The fraction of sp³-hybridized carbons (Fsp3) is 0.727. The minimum atomic E-state index is 0.888. The Morgan fingerprint density at radius 2 is 2.31 bits per heavy atom. The summed E-state index contributed by atoms with van der Waals surface area (Å²) in [6, 6.07) is 0. The molecule has 2 heterocycles. The van der Waals surface area contributed by atoms with Gasteiger partial charge in [0.15, 0.2) is 5.13 Å². The van der Waals surface area contributed by atoms with Gasteiger partial charge in [0.1, 0.15) is 0 Å². The molecule has 0 aliphatic carbocycles. The van der Waals surface area contributed by atoms with Gasteiger partial charge in [-0.3, -0.25) is 4.90 Å². The third kappa shape index (κ3) is 3.73. The molecule has 4 nitrogen and oxygen atoms in total. The van der Waals surface area contributed by atoms with Crippen LogP contribution < -0.4 is 5.32 Å². The fourth-order valence-electron chi connectivity index (χ4n) is 1.76. The average molecular weight is 241 g/mol. The molecule has 1 saturated heterocycles. The Morgan fingerprint density at radius 3 is 3.00 bits per heavy atom. The van der Waals surface area contributed by atoms with Gasteiger partial charge in [-0.2, -0.15) is 0 Å². The van der Waals surface area contributed by atoms with E-state index in [0.29, 0.717) is 0 Å². The van der Waals surface area contributed by atoms with E-state index >= 15 is 0 Å². The molecule has 2 rings (SSSR count). The number of aryl methyl sites for hydroxylation is 1. The van der Waals surface area contributed by atoms with Crippen LogP contribution in [0.5, 0.6) is 0 Å². The average Bonchev–Trinajstić information content (AvgIpc) is 2.72. The van der Waals surface area contributed by atoms with Crippen LogP contribution in [0.4, 0.5) is 5.13 Å². The molecule has 90 valence electrons. The van der Waals surface area contributed by atoms with E-state index in [1.165, 1.54) is 6.42 Å². The van der Waals surface area contributed by atoms with Gasteiger partial charge in [-0.1, -0.05) is 0 Å². The Kier molecular flexibility index (Phi) is 4.56. The molecule has 1 fully saturated rings. The molecule has 0 aromatic carbocycles. The molecule has 1 N–H and O–H groups in total. The quantitative estimate of drug-likeness (QED) is 0.794. The summed E-state index contributed by atoms with van der Waals surface area (Å²) in [7, 11) is 0. The Morgan fingerprint density at radius 1 is 1.50 bits per heavy atom. The first-order chi connectivity index (χ1) is 7.84. The lowest BCUT2D eigenvalue weighted by molar-refractivity contribution is 0.0378. The predicted molar refractivity (Wildman–Crippen MR) is 67.2 cm³/mol. The molecule has 0 saturated carbocycles. The minimum Gasteiger partial charge on any atom is -0.379 e. The van der Waals surface area contributed by atoms with Gasteiger partial charge < -0.3 is 10.1 Å². The van der Waals surface area contributed by atoms with E-state index in [9.17, 15) is 0 Å². The number of nitrogens with zero attached hydrogens (tertiary/aromatic N) is 2. The second-order valence-corrected chi connectivity index (χ2v) is 4.89. The van der Waals surface area contributed by atoms with Crippen molar-refractivity contribution in [3.63, 3.8) is 0 Å². The van der Waals surface area contributed by atoms with Crippen LogP contribution in [-0.4, -0.2) is 49.3 Å². The maximum atomic E-state index is 5.31. The Balaban J connectivity index is 1.57. The molecule has 0 amide bonds. The fourth-order valence-corrected chi connectivity index (χ4v) is 2.47. The number of anilines is 1. The molecule has 16 heavy (non-hydrogen) atoms. The van der Waals surface area contributed by atoms with Crippen LogP contribution in [-0.2, 0) is 4.74 Å². The summed E-state index contributed by atoms with van der Waals surface area (Å²) in [5.41, 5.74) is 1.10. The van der Waals surface area contributed by atoms with Crippen LogP contribution in [0.15, 0.2) is 5.38 Å². The lowest BCUT2D eigenvalue weighted by Crippen LogP contribution is -2.37. The van der Waals surface area contributed by atoms with Crippen LogP contribution in [0, 0.1) is 6.92 Å². The molecule has 1 aromatic heterocycles. The van der Waals surface area contributed by atoms with Crippen LogP contribution >= 0.6 is 11.3 Å². The normalized spacial score (nSPS) is 17.6. The molecule has 1 aliphatic rings. The van der Waals surface area contributed by atoms with Crippen LogP contribution in [0.2, 0.25) is 0 Å². The number of hydrogen-bond acceptors (Lipinski definition) is 5. The zero-order valence-electron chi connectivity index (χ0n) is 9.74. The van der Waals surface area contributed by atoms with E-state index < -0.39 is 0 Å². The van der Waals surface area contributed by atoms with Gasteiger partial charge in [-0.25, -0.2) is 4.98 Å². The maximum absolute atomic E-state index is 5.31. The monoisotopic (exact) mass is 241 g/mol. The number of nitrogens with one attached hydrogen (secondary N) is 1. The number of morpholine rings is 1. The summed E-state index contributed by atoms with van der Waals surface area (Å²) in [4.78, 5) is 6.83. The molecule has 5 heteroatoms. The number of thiazole rings is 1. The lowest BCUT2D eigenvalue weighted by Gasteiger charge is -2.26. The SMILES string of the molecule is Cc1csc(NCCCN2CCOCC2)n1. The second kappa shape index (κ2) is 6.18. The highest BCUT2D eigenvalue weighted by Crippen LogP contribution is 2.13. The van der Waals surface area contributed by atoms with Crippen molar-refractivity contribution >= 4 is 16.5 Å². The Labute approximate surface area is 101 Å². The summed E-state index contributed by atoms with van der Waals surface area (Å²) >= 11 is 1.68. The third-order valence-corrected chi connectivity index (χ3v) is 3.57. The summed E-state index contributed by atoms with van der Waals surface area (Å²) in [5, 5.41) is 6.47. The van der Waals surface area contributed by atoms with Gasteiger partial charge in [-0.15, -0.1) is 11.3 Å². The van der Waals surface area contributed by atoms with Crippen LogP contribution in [0.25, 0.3) is 0 Å². The number of aromatic nitrogens is 1. The van der Waals surface area contributed by atoms with Gasteiger partial charge >= 0.3 is 0 Å². The van der Waals surface area contributed by atoms with E-state index in [4.69, 9.17) is 4.74 Å². The third-order valence-electron chi connectivity index (χ3n) is 2.65. The summed E-state index contributed by atoms with van der Waals surface area (Å²) in [6.45, 7) is 8.12. The highest BCUT2D eigenvalue weighted by molar-refractivity contribution is 7.13. The molecule has 1 aliphatic heterocycles. The predicted octanol–water partition coefficient (Wildman–Crippen LogP) is 1.59. The minimum absolute atomic E-state index is 0.888. The van der Waals surface area contributed by atoms with Crippen molar-refractivity contribution in [1.82, 2.24) is 9.88 Å². The molecule has 1 aromatic rings. The Bertz CT molecular complexity index is 310. The van der Waals surface area contributed by atoms with Gasteiger partial charge in [-0.05, 0) is 19.9 Å². The highest BCUT2D eigenvalue weighted by atomic mass is 32.1. The first-order valence-corrected chi connectivity index (χ1v) is 6.68. The largest absolute Gasteiger partial charge is 0.379 e. The molecule has 0 atom stereocenters. The number of ether oxygens (including phenoxy) is 1. The number of rotatable bonds is 5. The molecular formula is C11H19N3OS. The molecule has 0 spiro atoms. The van der Waals surface area contributed by atoms with Gasteiger partial charge in [0.05, 0.1) is 18.9 Å². The smallest absolute Gasteiger partial charge is 0.182 e. The zero-order chi connectivity index (χ0) is 11.2. The first kappa shape index (κ1) is 11.8. The molecule has 0 radical (unpaired) electrons. The van der Waals surface area contributed by atoms with Gasteiger partial charge in [0.25, 0.3) is 0 Å². The summed E-state index contributed by atoms with van der Waals surface area (Å²) in [6.07, 6.45) is 1.17.